The molecule has 0 N–H and O–H groups in total. The molecule has 0 radical (unpaired) electrons. The Morgan fingerprint density at radius 3 is 2.91 bits per heavy atom. The van der Waals surface area contributed by atoms with Gasteiger partial charge in [0.15, 0.2) is 0 Å². The minimum atomic E-state index is -0.438. The summed E-state index contributed by atoms with van der Waals surface area (Å²) < 4.78 is 5.28. The Morgan fingerprint density at radius 2 is 2.17 bits per heavy atom. The molecule has 0 aliphatic carbocycles. The average molecular weight is 345 g/mol. The second-order valence-electron chi connectivity index (χ2n) is 4.81. The van der Waals surface area contributed by atoms with E-state index in [1.807, 2.05) is 30.5 Å². The molecule has 0 aliphatic heterocycles. The van der Waals surface area contributed by atoms with Gasteiger partial charge >= 0.3 is 5.97 Å². The van der Waals surface area contributed by atoms with Crippen molar-refractivity contribution in [2.24, 2.45) is 0 Å². The third-order valence-electron chi connectivity index (χ3n) is 3.31. The van der Waals surface area contributed by atoms with Gasteiger partial charge in [-0.25, -0.2) is 9.78 Å². The summed E-state index contributed by atoms with van der Waals surface area (Å²) in [5, 5.41) is 1.30. The van der Waals surface area contributed by atoms with Crippen LogP contribution in [0.3, 0.4) is 0 Å². The van der Waals surface area contributed by atoms with Gasteiger partial charge in [-0.2, -0.15) is 0 Å². The fourth-order valence-corrected chi connectivity index (χ4v) is 2.74. The zero-order valence-electron chi connectivity index (χ0n) is 12.3. The van der Waals surface area contributed by atoms with Crippen molar-refractivity contribution in [1.29, 1.82) is 0 Å². The van der Waals surface area contributed by atoms with Crippen molar-refractivity contribution in [3.63, 3.8) is 0 Å². The molecule has 0 amide bonds. The molecule has 0 aliphatic rings. The number of fused-ring (bicyclic) bond motifs is 1. The molecule has 0 spiro atoms. The molecule has 0 saturated carbocycles. The summed E-state index contributed by atoms with van der Waals surface area (Å²) >= 11 is 7.85. The third-order valence-corrected chi connectivity index (χ3v) is 4.36. The first-order chi connectivity index (χ1) is 11.2. The van der Waals surface area contributed by atoms with E-state index in [0.29, 0.717) is 16.3 Å². The van der Waals surface area contributed by atoms with Crippen LogP contribution in [-0.2, 0) is 11.3 Å². The predicted molar refractivity (Wildman–Crippen MR) is 91.9 cm³/mol. The third kappa shape index (κ3) is 3.63. The molecule has 0 saturated heterocycles. The van der Waals surface area contributed by atoms with E-state index >= 15 is 0 Å². The lowest BCUT2D eigenvalue weighted by Crippen LogP contribution is -2.06. The van der Waals surface area contributed by atoms with Crippen molar-refractivity contribution in [3.8, 4) is 0 Å². The standard InChI is InChI=1S/C17H13ClN2O2S/c1-23-14-5-4-11-7-13(16(18)20-15(11)8-14)10-22-17(21)12-3-2-6-19-9-12/h2-9H,10H2,1H3. The van der Waals surface area contributed by atoms with E-state index in [1.54, 1.807) is 30.1 Å². The van der Waals surface area contributed by atoms with Crippen LogP contribution in [0.5, 0.6) is 0 Å². The van der Waals surface area contributed by atoms with Crippen molar-refractivity contribution in [1.82, 2.24) is 9.97 Å². The summed E-state index contributed by atoms with van der Waals surface area (Å²) in [6.45, 7) is 0.0692. The van der Waals surface area contributed by atoms with E-state index in [2.05, 4.69) is 9.97 Å². The molecule has 0 fully saturated rings. The van der Waals surface area contributed by atoms with E-state index in [9.17, 15) is 4.79 Å². The molecular formula is C17H13ClN2O2S. The van der Waals surface area contributed by atoms with Crippen LogP contribution >= 0.6 is 23.4 Å². The molecule has 1 aromatic carbocycles. The van der Waals surface area contributed by atoms with E-state index < -0.39 is 5.97 Å². The quantitative estimate of drug-likeness (QED) is 0.400. The van der Waals surface area contributed by atoms with Gasteiger partial charge in [-0.3, -0.25) is 4.98 Å². The van der Waals surface area contributed by atoms with Gasteiger partial charge in [0.1, 0.15) is 11.8 Å². The monoisotopic (exact) mass is 344 g/mol. The van der Waals surface area contributed by atoms with Crippen LogP contribution in [0.1, 0.15) is 15.9 Å². The van der Waals surface area contributed by atoms with Crippen LogP contribution < -0.4 is 0 Å². The molecule has 4 nitrogen and oxygen atoms in total. The molecule has 2 heterocycles. The van der Waals surface area contributed by atoms with Gasteiger partial charge in [0.25, 0.3) is 0 Å². The normalized spacial score (nSPS) is 10.7. The van der Waals surface area contributed by atoms with Gasteiger partial charge in [-0.1, -0.05) is 17.7 Å². The summed E-state index contributed by atoms with van der Waals surface area (Å²) in [6, 6.07) is 11.2. The Balaban J connectivity index is 1.80. The number of nitrogens with zero attached hydrogens (tertiary/aromatic N) is 2. The van der Waals surface area contributed by atoms with Gasteiger partial charge in [0, 0.05) is 28.2 Å². The molecule has 0 bridgehead atoms. The highest BCUT2D eigenvalue weighted by molar-refractivity contribution is 7.98. The lowest BCUT2D eigenvalue weighted by Gasteiger charge is -2.08. The van der Waals surface area contributed by atoms with Crippen molar-refractivity contribution in [2.75, 3.05) is 6.26 Å². The number of rotatable bonds is 4. The molecule has 2 aromatic heterocycles. The fraction of sp³-hybridized carbons (Fsp3) is 0.118. The number of pyridine rings is 2. The maximum absolute atomic E-state index is 11.9. The number of hydrogen-bond donors (Lipinski definition) is 0. The van der Waals surface area contributed by atoms with Crippen LogP contribution in [0.25, 0.3) is 10.9 Å². The number of halogens is 1. The number of carbonyl (C=O) groups is 1. The molecule has 3 rings (SSSR count). The van der Waals surface area contributed by atoms with E-state index in [1.165, 1.54) is 6.20 Å². The van der Waals surface area contributed by atoms with Gasteiger partial charge in [0.2, 0.25) is 0 Å². The van der Waals surface area contributed by atoms with Crippen LogP contribution in [0.4, 0.5) is 0 Å². The number of hydrogen-bond acceptors (Lipinski definition) is 5. The highest BCUT2D eigenvalue weighted by Crippen LogP contribution is 2.25. The number of carbonyl (C=O) groups excluding carboxylic acids is 1. The highest BCUT2D eigenvalue weighted by Gasteiger charge is 2.11. The lowest BCUT2D eigenvalue weighted by molar-refractivity contribution is 0.0472. The maximum atomic E-state index is 11.9. The largest absolute Gasteiger partial charge is 0.457 e. The first-order valence-corrected chi connectivity index (χ1v) is 8.48. The Hall–Kier alpha value is -2.11. The second kappa shape index (κ2) is 6.98. The minimum absolute atomic E-state index is 0.0692. The number of esters is 1. The van der Waals surface area contributed by atoms with Crippen LogP contribution in [0.15, 0.2) is 53.7 Å². The van der Waals surface area contributed by atoms with Crippen LogP contribution in [-0.4, -0.2) is 22.2 Å². The molecule has 6 heteroatoms. The zero-order valence-corrected chi connectivity index (χ0v) is 13.9. The highest BCUT2D eigenvalue weighted by atomic mass is 35.5. The van der Waals surface area contributed by atoms with E-state index in [0.717, 1.165) is 15.8 Å². The smallest absolute Gasteiger partial charge is 0.340 e. The van der Waals surface area contributed by atoms with E-state index in [-0.39, 0.29) is 6.61 Å². The van der Waals surface area contributed by atoms with Crippen molar-refractivity contribution in [2.45, 2.75) is 11.5 Å². The summed E-state index contributed by atoms with van der Waals surface area (Å²) in [6.07, 6.45) is 5.07. The lowest BCUT2D eigenvalue weighted by atomic mass is 10.1. The summed E-state index contributed by atoms with van der Waals surface area (Å²) in [4.78, 5) is 21.3. The van der Waals surface area contributed by atoms with Gasteiger partial charge in [-0.05, 0) is 36.6 Å². The molecule has 23 heavy (non-hydrogen) atoms. The average Bonchev–Trinajstić information content (AvgIpc) is 2.60. The van der Waals surface area contributed by atoms with Crippen LogP contribution in [0.2, 0.25) is 5.15 Å². The van der Waals surface area contributed by atoms with Crippen molar-refractivity contribution >= 4 is 40.2 Å². The van der Waals surface area contributed by atoms with Crippen molar-refractivity contribution in [3.05, 3.63) is 65.1 Å². The molecule has 116 valence electrons. The molecule has 0 atom stereocenters. The van der Waals surface area contributed by atoms with E-state index in [4.69, 9.17) is 16.3 Å². The maximum Gasteiger partial charge on any atom is 0.340 e. The Labute approximate surface area is 142 Å². The minimum Gasteiger partial charge on any atom is -0.457 e. The Kier molecular flexibility index (Phi) is 4.79. The number of aromatic nitrogens is 2. The summed E-state index contributed by atoms with van der Waals surface area (Å²) in [5.41, 5.74) is 1.90. The summed E-state index contributed by atoms with van der Waals surface area (Å²) in [7, 11) is 0. The number of ether oxygens (including phenoxy) is 1. The Bertz CT molecular complexity index is 856. The fourth-order valence-electron chi connectivity index (χ4n) is 2.11. The first kappa shape index (κ1) is 15.8. The van der Waals surface area contributed by atoms with Crippen molar-refractivity contribution < 1.29 is 9.53 Å². The summed E-state index contributed by atoms with van der Waals surface area (Å²) in [5.74, 6) is -0.438. The number of benzene rings is 1. The molecule has 0 unspecified atom stereocenters. The Morgan fingerprint density at radius 1 is 1.30 bits per heavy atom. The molecule has 3 aromatic rings. The van der Waals surface area contributed by atoms with Gasteiger partial charge in [0.05, 0.1) is 11.1 Å². The second-order valence-corrected chi connectivity index (χ2v) is 6.05. The zero-order chi connectivity index (χ0) is 16.2. The van der Waals surface area contributed by atoms with Crippen LogP contribution in [0, 0.1) is 0 Å². The number of thioether (sulfide) groups is 1. The molecular weight excluding hydrogens is 332 g/mol. The van der Waals surface area contributed by atoms with Gasteiger partial charge in [-0.15, -0.1) is 11.8 Å². The SMILES string of the molecule is CSc1ccc2cc(COC(=O)c3cccnc3)c(Cl)nc2c1. The predicted octanol–water partition coefficient (Wildman–Crippen LogP) is 4.36. The topological polar surface area (TPSA) is 52.1 Å². The van der Waals surface area contributed by atoms with Gasteiger partial charge < -0.3 is 4.74 Å². The first-order valence-electron chi connectivity index (χ1n) is 6.87.